The van der Waals surface area contributed by atoms with Crippen molar-refractivity contribution in [3.05, 3.63) is 120 Å². The molecule has 2 amide bonds. The van der Waals surface area contributed by atoms with Crippen molar-refractivity contribution >= 4 is 61.1 Å². The lowest BCUT2D eigenvalue weighted by Crippen LogP contribution is -2.63. The number of Topliss-reactive ketones (excluding diaryl/α,β-unsaturated/α-hetero) is 2. The number of aliphatic carboxylic acids is 2. The first-order valence-corrected chi connectivity index (χ1v) is 24.2. The first kappa shape index (κ1) is 59.3. The number of carboxylic acid groups (broad SMARTS) is 2. The fourth-order valence-corrected chi connectivity index (χ4v) is 9.06. The van der Waals surface area contributed by atoms with Crippen LogP contribution in [0.5, 0.6) is 0 Å². The summed E-state index contributed by atoms with van der Waals surface area (Å²) in [5.41, 5.74) is 1.99. The van der Waals surface area contributed by atoms with Gasteiger partial charge in [-0.1, -0.05) is 94.8 Å². The highest BCUT2D eigenvalue weighted by atomic mass is 16.7. The predicted octanol–water partition coefficient (Wildman–Crippen LogP) is 2.45. The number of amides is 2. The smallest absolute Gasteiger partial charge is 0.587 e. The summed E-state index contributed by atoms with van der Waals surface area (Å²) in [6, 6.07) is 17.1. The Morgan fingerprint density at radius 3 is 1.46 bits per heavy atom. The van der Waals surface area contributed by atoms with E-state index in [0.717, 1.165) is 11.1 Å². The molecule has 24 heteroatoms. The molecule has 22 nitrogen and oxygen atoms in total. The van der Waals surface area contributed by atoms with Gasteiger partial charge in [-0.05, 0) is 61.5 Å². The maximum Gasteiger partial charge on any atom is 0.587 e. The monoisotopic (exact) mass is 1020 g/mol. The first-order chi connectivity index (χ1) is 35.0. The van der Waals surface area contributed by atoms with Crippen molar-refractivity contribution in [1.82, 2.24) is 35.5 Å². The van der Waals surface area contributed by atoms with Gasteiger partial charge < -0.3 is 44.6 Å². The summed E-state index contributed by atoms with van der Waals surface area (Å²) in [7, 11) is 1.62. The Morgan fingerprint density at radius 2 is 1.09 bits per heavy atom. The van der Waals surface area contributed by atoms with Gasteiger partial charge in [0.15, 0.2) is 11.6 Å². The number of rotatable bonds is 24. The molecule has 2 aromatic heterocycles. The van der Waals surface area contributed by atoms with Crippen LogP contribution in [0.15, 0.2) is 97.8 Å². The van der Waals surface area contributed by atoms with Crippen LogP contribution >= 0.6 is 0 Å². The van der Waals surface area contributed by atoms with E-state index < -0.39 is 73.2 Å². The van der Waals surface area contributed by atoms with E-state index >= 15 is 0 Å². The average Bonchev–Trinajstić information content (AvgIpc) is 3.73. The molecule has 0 spiro atoms. The predicted molar refractivity (Wildman–Crippen MR) is 269 cm³/mol. The Hall–Kier alpha value is -7.27. The number of ketones is 2. The largest absolute Gasteiger partial charge is 0.600 e. The number of aromatic nitrogens is 4. The number of hydrogen-bond acceptors (Lipinski definition) is 17. The Labute approximate surface area is 430 Å². The topological polar surface area (TPSA) is 315 Å². The highest BCUT2D eigenvalue weighted by Crippen LogP contribution is 2.46. The van der Waals surface area contributed by atoms with Crippen LogP contribution < -0.4 is 10.6 Å². The molecule has 74 heavy (non-hydrogen) atoms. The average molecular weight is 1020 g/mol. The zero-order valence-electron chi connectivity index (χ0n) is 42.5. The van der Waals surface area contributed by atoms with Gasteiger partial charge in [0, 0.05) is 44.1 Å². The molecule has 2 saturated heterocycles. The highest BCUT2D eigenvalue weighted by molar-refractivity contribution is 6.67. The van der Waals surface area contributed by atoms with E-state index in [1.165, 1.54) is 49.1 Å². The molecule has 2 aromatic carbocycles. The Morgan fingerprint density at radius 1 is 0.676 bits per heavy atom. The van der Waals surface area contributed by atoms with Crippen molar-refractivity contribution < 1.29 is 72.3 Å². The van der Waals surface area contributed by atoms with Crippen molar-refractivity contribution in [3.63, 3.8) is 0 Å². The standard InChI is InChI=1S/C25H31BN4O6.C20H26BN3O4.C5H9NO4/c1-17(2)11-19(26-30(3,15-23(32)35-26)16-24(33)36-26)13-22(31)20(12-18-7-5-4-6-8-18)29-25(34)21-14-27-9-10-28-21;1-14(2)10-16(21(27)28)12-19(25)17(11-15-6-4-3-5-7-15)24-20(26)18-13-22-8-9-23-18;1-6(2-4(7)8)3-5(9)10/h4-10,14,17,19-20H,11-13,15-16H2,1-3H3,(H,29,34);3-9,13-14,16-17,27-28H,10-12H2,1-2H3,(H,24,26);2-3H2,1H3,(H,7,8)(H,9,10)/t19-,20+,26?,30?;16-,17+;/m11./s1. The lowest BCUT2D eigenvalue weighted by molar-refractivity contribution is -0.794. The fraction of sp³-hybridized carbons (Fsp3) is 0.440. The van der Waals surface area contributed by atoms with Crippen molar-refractivity contribution in [2.75, 3.05) is 40.3 Å². The SMILES string of the molecule is CC(C)C[C@H](CC(=O)[C@H](Cc1ccccc1)NC(=O)c1cnccn1)B(O)O.CC(C)C[C@H](CC(=O)[C@H](Cc1ccccc1)NC(=O)c1cnccn1)[B-]12OC(=O)C[N+]1(C)CC(=O)O2.CN(CC(=O)O)CC(=O)O. The molecule has 0 saturated carbocycles. The lowest BCUT2D eigenvalue weighted by atomic mass is 9.52. The van der Waals surface area contributed by atoms with E-state index in [0.29, 0.717) is 19.3 Å². The fourth-order valence-electron chi connectivity index (χ4n) is 9.06. The molecule has 2 aliphatic rings. The molecular formula is C50H66B2N8O14. The summed E-state index contributed by atoms with van der Waals surface area (Å²) in [6.07, 6.45) is 9.93. The molecule has 396 valence electrons. The maximum absolute atomic E-state index is 13.8. The van der Waals surface area contributed by atoms with Crippen LogP contribution in [-0.2, 0) is 50.9 Å². The van der Waals surface area contributed by atoms with Gasteiger partial charge in [0.1, 0.15) is 24.5 Å². The Bertz CT molecular complexity index is 2480. The molecule has 0 unspecified atom stereocenters. The molecule has 0 aliphatic carbocycles. The number of nitrogens with zero attached hydrogens (tertiary/aromatic N) is 6. The lowest BCUT2D eigenvalue weighted by Gasteiger charge is -2.45. The molecule has 0 radical (unpaired) electrons. The second-order valence-corrected chi connectivity index (χ2v) is 19.6. The van der Waals surface area contributed by atoms with Gasteiger partial charge in [-0.3, -0.25) is 53.2 Å². The minimum absolute atomic E-state index is 0.0116. The molecule has 6 rings (SSSR count). The van der Waals surface area contributed by atoms with Crippen LogP contribution in [0.2, 0.25) is 11.6 Å². The number of quaternary nitrogens is 1. The summed E-state index contributed by atoms with van der Waals surface area (Å²) >= 11 is 0. The summed E-state index contributed by atoms with van der Waals surface area (Å²) in [5.74, 6) is -5.18. The van der Waals surface area contributed by atoms with E-state index in [2.05, 4.69) is 30.6 Å². The third kappa shape index (κ3) is 18.3. The van der Waals surface area contributed by atoms with Crippen molar-refractivity contribution in [2.45, 2.75) is 89.9 Å². The summed E-state index contributed by atoms with van der Waals surface area (Å²) in [4.78, 5) is 114. The van der Waals surface area contributed by atoms with Crippen LogP contribution in [0.3, 0.4) is 0 Å². The first-order valence-electron chi connectivity index (χ1n) is 24.2. The highest BCUT2D eigenvalue weighted by Gasteiger charge is 2.68. The van der Waals surface area contributed by atoms with E-state index in [1.54, 1.807) is 7.05 Å². The molecule has 4 heterocycles. The Balaban J connectivity index is 0.000000277. The van der Waals surface area contributed by atoms with Crippen LogP contribution in [0, 0.1) is 11.8 Å². The number of carboxylic acids is 2. The van der Waals surface area contributed by atoms with E-state index in [4.69, 9.17) is 19.5 Å². The summed E-state index contributed by atoms with van der Waals surface area (Å²) in [5, 5.41) is 41.1. The van der Waals surface area contributed by atoms with E-state index in [9.17, 15) is 48.4 Å². The number of benzene rings is 2. The molecule has 4 atom stereocenters. The maximum atomic E-state index is 13.8. The number of fused-ring (bicyclic) bond motifs is 1. The second kappa shape index (κ2) is 28.3. The minimum atomic E-state index is -2.41. The van der Waals surface area contributed by atoms with Gasteiger partial charge >= 0.3 is 37.7 Å². The van der Waals surface area contributed by atoms with Gasteiger partial charge in [0.2, 0.25) is 0 Å². The Kier molecular flexibility index (Phi) is 22.6. The van der Waals surface area contributed by atoms with Crippen LogP contribution in [0.25, 0.3) is 0 Å². The van der Waals surface area contributed by atoms with Gasteiger partial charge in [0.25, 0.3) is 11.8 Å². The van der Waals surface area contributed by atoms with Crippen LogP contribution in [0.1, 0.15) is 85.5 Å². The third-order valence-corrected chi connectivity index (χ3v) is 12.3. The molecular weight excluding hydrogens is 958 g/mol. The van der Waals surface area contributed by atoms with Gasteiger partial charge in [-0.15, -0.1) is 0 Å². The van der Waals surface area contributed by atoms with Crippen LogP contribution in [-0.4, -0.2) is 163 Å². The molecule has 4 aromatic rings. The van der Waals surface area contributed by atoms with Gasteiger partial charge in [-0.25, -0.2) is 9.97 Å². The van der Waals surface area contributed by atoms with Gasteiger partial charge in [0.05, 0.1) is 37.6 Å². The van der Waals surface area contributed by atoms with Gasteiger partial charge in [-0.2, -0.15) is 0 Å². The number of carbonyl (C=O) groups is 8. The number of hydrogen-bond donors (Lipinski definition) is 6. The molecule has 6 N–H and O–H groups in total. The molecule has 2 fully saturated rings. The number of carbonyl (C=O) groups excluding carboxylic acids is 6. The zero-order chi connectivity index (χ0) is 54.6. The number of nitrogens with one attached hydrogen (secondary N) is 2. The van der Waals surface area contributed by atoms with E-state index in [1.807, 2.05) is 88.4 Å². The third-order valence-electron chi connectivity index (χ3n) is 12.3. The summed E-state index contributed by atoms with van der Waals surface area (Å²) in [6.45, 7) is 5.05. The molecule has 0 bridgehead atoms. The van der Waals surface area contributed by atoms with Crippen LogP contribution in [0.4, 0.5) is 0 Å². The second-order valence-electron chi connectivity index (χ2n) is 19.6. The normalized spacial score (nSPS) is 18.2. The summed E-state index contributed by atoms with van der Waals surface area (Å²) < 4.78 is 11.5. The van der Waals surface area contributed by atoms with Crippen molar-refractivity contribution in [3.8, 4) is 0 Å². The van der Waals surface area contributed by atoms with Crippen molar-refractivity contribution in [2.24, 2.45) is 11.8 Å². The number of likely N-dealkylation sites (N-methyl/N-ethyl adjacent to an activating group) is 2. The zero-order valence-corrected chi connectivity index (χ0v) is 42.5. The quantitative estimate of drug-likeness (QED) is 0.0549. The van der Waals surface area contributed by atoms with Crippen molar-refractivity contribution in [1.29, 1.82) is 0 Å². The minimum Gasteiger partial charge on any atom is -0.600 e. The molecule has 2 aliphatic heterocycles. The van der Waals surface area contributed by atoms with E-state index in [-0.39, 0.29) is 84.6 Å².